The Morgan fingerprint density at radius 1 is 0.848 bits per heavy atom. The summed E-state index contributed by atoms with van der Waals surface area (Å²) in [5.41, 5.74) is 9.30. The molecular formula is C41H42Cl4Zr-4. The van der Waals surface area contributed by atoms with Crippen LogP contribution in [0.3, 0.4) is 0 Å². The van der Waals surface area contributed by atoms with E-state index in [9.17, 15) is 0 Å². The van der Waals surface area contributed by atoms with Gasteiger partial charge in [-0.25, -0.2) is 6.08 Å². The summed E-state index contributed by atoms with van der Waals surface area (Å²) in [5.74, 6) is 0.573. The third kappa shape index (κ3) is 14.7. The van der Waals surface area contributed by atoms with Crippen LogP contribution in [0.5, 0.6) is 0 Å². The molecule has 0 N–H and O–H groups in total. The van der Waals surface area contributed by atoms with Crippen molar-refractivity contribution in [3.05, 3.63) is 166 Å². The molecule has 0 amide bonds. The van der Waals surface area contributed by atoms with Crippen molar-refractivity contribution in [1.29, 1.82) is 0 Å². The molecule has 0 heterocycles. The summed E-state index contributed by atoms with van der Waals surface area (Å²) in [5, 5.41) is 1.48. The summed E-state index contributed by atoms with van der Waals surface area (Å²) in [6.45, 7) is 16.6. The fourth-order valence-electron chi connectivity index (χ4n) is 4.32. The first-order chi connectivity index (χ1) is 21.1. The molecule has 0 fully saturated rings. The van der Waals surface area contributed by atoms with Crippen molar-refractivity contribution in [2.75, 3.05) is 0 Å². The van der Waals surface area contributed by atoms with Crippen LogP contribution in [-0.2, 0) is 30.7 Å². The average Bonchev–Trinajstić information content (AvgIpc) is 3.68. The van der Waals surface area contributed by atoms with E-state index in [1.54, 1.807) is 12.1 Å². The average molecular weight is 768 g/mol. The molecule has 6 rings (SSSR count). The van der Waals surface area contributed by atoms with Crippen LogP contribution in [0.15, 0.2) is 110 Å². The van der Waals surface area contributed by atoms with E-state index in [1.165, 1.54) is 64.0 Å². The Morgan fingerprint density at radius 2 is 1.41 bits per heavy atom. The first kappa shape index (κ1) is 43.8. The number of rotatable bonds is 3. The second-order valence-corrected chi connectivity index (χ2v) is 11.8. The number of hydrogen-bond donors (Lipinski definition) is 0. The molecule has 5 heteroatoms. The first-order valence-electron chi connectivity index (χ1n) is 14.5. The normalized spacial score (nSPS) is 12.8. The molecule has 2 aliphatic rings. The van der Waals surface area contributed by atoms with Gasteiger partial charge in [-0.3, -0.25) is 6.08 Å². The fourth-order valence-corrected chi connectivity index (χ4v) is 4.59. The van der Waals surface area contributed by atoms with Gasteiger partial charge in [0, 0.05) is 0 Å². The number of benzene rings is 4. The molecule has 0 spiro atoms. The van der Waals surface area contributed by atoms with Crippen LogP contribution in [-0.4, -0.2) is 4.21 Å². The van der Waals surface area contributed by atoms with E-state index in [4.69, 9.17) is 23.2 Å². The minimum atomic E-state index is 0. The zero-order valence-electron chi connectivity index (χ0n) is 27.0. The van der Waals surface area contributed by atoms with Crippen LogP contribution in [0.2, 0.25) is 10.0 Å². The van der Waals surface area contributed by atoms with Gasteiger partial charge in [0.15, 0.2) is 0 Å². The zero-order chi connectivity index (χ0) is 32.5. The molecule has 0 radical (unpaired) electrons. The van der Waals surface area contributed by atoms with Crippen LogP contribution in [0.25, 0.3) is 23.3 Å². The van der Waals surface area contributed by atoms with Crippen molar-refractivity contribution in [1.82, 2.24) is 0 Å². The number of fused-ring (bicyclic) bond motifs is 3. The Morgan fingerprint density at radius 3 is 1.80 bits per heavy atom. The molecule has 2 aliphatic carbocycles. The summed E-state index contributed by atoms with van der Waals surface area (Å²) in [6.07, 6.45) is 13.7. The molecule has 242 valence electrons. The second-order valence-electron chi connectivity index (χ2n) is 11.0. The molecule has 0 bridgehead atoms. The zero-order valence-corrected chi connectivity index (χ0v) is 32.6. The topological polar surface area (TPSA) is 0 Å². The van der Waals surface area contributed by atoms with Gasteiger partial charge in [-0.2, -0.15) is 119 Å². The van der Waals surface area contributed by atoms with Crippen molar-refractivity contribution in [3.63, 3.8) is 0 Å². The van der Waals surface area contributed by atoms with Gasteiger partial charge in [0.2, 0.25) is 0 Å². The summed E-state index contributed by atoms with van der Waals surface area (Å²) in [7, 11) is 0. The monoisotopic (exact) mass is 764 g/mol. The molecule has 0 nitrogen and oxygen atoms in total. The molecular weight excluding hydrogens is 725 g/mol. The van der Waals surface area contributed by atoms with Crippen LogP contribution < -0.4 is 0 Å². The van der Waals surface area contributed by atoms with E-state index < -0.39 is 0 Å². The molecule has 0 aliphatic heterocycles. The summed E-state index contributed by atoms with van der Waals surface area (Å²) >= 11 is 12.3. The Kier molecular flexibility index (Phi) is 22.0. The Balaban J connectivity index is 0.000000608. The van der Waals surface area contributed by atoms with Gasteiger partial charge in [-0.1, -0.05) is 97.5 Å². The van der Waals surface area contributed by atoms with Gasteiger partial charge < -0.3 is 0 Å². The number of hydrogen-bond acceptors (Lipinski definition) is 0. The molecule has 0 saturated carbocycles. The maximum absolute atomic E-state index is 5.51. The van der Waals surface area contributed by atoms with Crippen LogP contribution in [0, 0.1) is 35.6 Å². The Hall–Kier alpha value is -2.25. The molecule has 0 aromatic heterocycles. The quantitative estimate of drug-likeness (QED) is 0.160. The standard InChI is InChI=1S/C17H13.C11H17.2C6H4Cl.CH2.2ClH.Zr/c1-3-12-5-7-14-11-15-8-6-13(4-2)10-17(15)16(14)9-12;1-5-9-6-7-10(8-9)11(2,3)4;2*7-6-4-2-1-3-5-6;;;;/h3-7,9-10H,1-2,11H2;7-9H,5H2,1-4H3;2*1-2,4-5H;1H2;2*1H;/q4*-1;;;;. The molecule has 4 aromatic carbocycles. The molecule has 0 saturated heterocycles. The predicted molar refractivity (Wildman–Crippen MR) is 205 cm³/mol. The van der Waals surface area contributed by atoms with Gasteiger partial charge in [0.05, 0.1) is 0 Å². The number of halogens is 4. The van der Waals surface area contributed by atoms with Gasteiger partial charge in [-0.15, -0.1) is 48.6 Å². The van der Waals surface area contributed by atoms with Crippen LogP contribution >= 0.6 is 48.0 Å². The molecule has 46 heavy (non-hydrogen) atoms. The third-order valence-corrected chi connectivity index (χ3v) is 7.26. The van der Waals surface area contributed by atoms with Gasteiger partial charge >= 0.3 is 28.4 Å². The van der Waals surface area contributed by atoms with Gasteiger partial charge in [-0.05, 0) is 12.0 Å². The Bertz CT molecular complexity index is 1440. The van der Waals surface area contributed by atoms with E-state index in [0.29, 0.717) is 11.3 Å². The maximum atomic E-state index is 5.51. The van der Waals surface area contributed by atoms with Gasteiger partial charge in [0.25, 0.3) is 0 Å². The van der Waals surface area contributed by atoms with Crippen molar-refractivity contribution >= 4 is 64.4 Å². The van der Waals surface area contributed by atoms with E-state index in [1.807, 2.05) is 54.6 Å². The Labute approximate surface area is 315 Å². The van der Waals surface area contributed by atoms with Crippen molar-refractivity contribution in [3.8, 4) is 11.1 Å². The van der Waals surface area contributed by atoms with Crippen molar-refractivity contribution < 1.29 is 24.2 Å². The fraction of sp³-hybridized carbons (Fsp3) is 0.195. The van der Waals surface area contributed by atoms with Crippen LogP contribution in [0.4, 0.5) is 0 Å². The van der Waals surface area contributed by atoms with Gasteiger partial charge in [0.1, 0.15) is 0 Å². The summed E-state index contributed by atoms with van der Waals surface area (Å²) in [6, 6.07) is 34.1. The van der Waals surface area contributed by atoms with E-state index in [2.05, 4.69) is 106 Å². The number of allylic oxidation sites excluding steroid dienone is 4. The first-order valence-corrected chi connectivity index (χ1v) is 17.0. The minimum absolute atomic E-state index is 0. The van der Waals surface area contributed by atoms with Crippen LogP contribution in [0.1, 0.15) is 56.4 Å². The summed E-state index contributed by atoms with van der Waals surface area (Å²) in [4.78, 5) is 0. The van der Waals surface area contributed by atoms with E-state index >= 15 is 0 Å². The molecule has 1 unspecified atom stereocenters. The SMILES string of the molecule is C=Cc1c[c-]c2c(c1)-c1cc(C=C)ccc1C2.CCC1[C-]=CC(C(C)(C)C)=C1.Cl.Cl.Clc1c[c-]ccc1.Clc1c[c-]ccc1.[CH2]=[Zr]. The van der Waals surface area contributed by atoms with E-state index in [-0.39, 0.29) is 24.8 Å². The van der Waals surface area contributed by atoms with E-state index in [0.717, 1.165) is 22.0 Å². The third-order valence-electron chi connectivity index (χ3n) is 6.79. The predicted octanol–water partition coefficient (Wildman–Crippen LogP) is 12.8. The summed E-state index contributed by atoms with van der Waals surface area (Å²) < 4.78 is 3.34. The van der Waals surface area contributed by atoms with Crippen molar-refractivity contribution in [2.45, 2.75) is 40.5 Å². The molecule has 1 atom stereocenters. The second kappa shape index (κ2) is 23.1. The molecule has 4 aromatic rings. The van der Waals surface area contributed by atoms with Crippen molar-refractivity contribution in [2.24, 2.45) is 11.3 Å².